The van der Waals surface area contributed by atoms with Gasteiger partial charge in [-0.3, -0.25) is 14.6 Å². The van der Waals surface area contributed by atoms with Gasteiger partial charge in [0.25, 0.3) is 5.91 Å². The molecular formula is C19H23N5O2. The number of nitrogens with one attached hydrogen (secondary N) is 1. The summed E-state index contributed by atoms with van der Waals surface area (Å²) in [5.41, 5.74) is 3.28. The molecule has 26 heavy (non-hydrogen) atoms. The fourth-order valence-electron chi connectivity index (χ4n) is 2.83. The van der Waals surface area contributed by atoms with E-state index in [9.17, 15) is 9.59 Å². The van der Waals surface area contributed by atoms with Gasteiger partial charge < -0.3 is 20.0 Å². The number of pyridine rings is 1. The maximum atomic E-state index is 12.6. The zero-order valence-corrected chi connectivity index (χ0v) is 15.1. The molecule has 7 nitrogen and oxygen atoms in total. The minimum Gasteiger partial charge on any atom is -0.378 e. The Morgan fingerprint density at radius 3 is 2.38 bits per heavy atom. The second-order valence-corrected chi connectivity index (χ2v) is 6.43. The van der Waals surface area contributed by atoms with Gasteiger partial charge in [-0.1, -0.05) is 0 Å². The number of carbonyl (C=O) groups excluding carboxylic acids is 2. The van der Waals surface area contributed by atoms with Crippen LogP contribution in [0.15, 0.2) is 42.6 Å². The van der Waals surface area contributed by atoms with Gasteiger partial charge >= 0.3 is 0 Å². The zero-order valence-electron chi connectivity index (χ0n) is 15.1. The van der Waals surface area contributed by atoms with Gasteiger partial charge in [-0.25, -0.2) is 0 Å². The van der Waals surface area contributed by atoms with Crippen LogP contribution in [0, 0.1) is 0 Å². The summed E-state index contributed by atoms with van der Waals surface area (Å²) in [6.45, 7) is 2.18. The molecule has 136 valence electrons. The van der Waals surface area contributed by atoms with Gasteiger partial charge in [0.1, 0.15) is 5.69 Å². The normalized spacial score (nSPS) is 14.1. The molecule has 0 atom stereocenters. The monoisotopic (exact) mass is 353 g/mol. The van der Waals surface area contributed by atoms with Crippen molar-refractivity contribution in [1.82, 2.24) is 14.8 Å². The fraction of sp³-hybridized carbons (Fsp3) is 0.316. The molecule has 0 spiro atoms. The van der Waals surface area contributed by atoms with E-state index in [0.717, 1.165) is 23.5 Å². The van der Waals surface area contributed by atoms with E-state index in [0.29, 0.717) is 31.9 Å². The molecule has 1 aliphatic heterocycles. The van der Waals surface area contributed by atoms with E-state index in [1.165, 1.54) is 0 Å². The van der Waals surface area contributed by atoms with Gasteiger partial charge in [0.15, 0.2) is 0 Å². The Hall–Kier alpha value is -3.09. The molecule has 1 aromatic heterocycles. The van der Waals surface area contributed by atoms with Crippen molar-refractivity contribution in [2.24, 2.45) is 0 Å². The van der Waals surface area contributed by atoms with E-state index >= 15 is 0 Å². The van der Waals surface area contributed by atoms with Crippen molar-refractivity contribution < 1.29 is 9.59 Å². The summed E-state index contributed by atoms with van der Waals surface area (Å²) in [4.78, 5) is 33.1. The lowest BCUT2D eigenvalue weighted by atomic mass is 10.2. The van der Waals surface area contributed by atoms with Crippen molar-refractivity contribution in [3.05, 3.63) is 48.3 Å². The van der Waals surface area contributed by atoms with Crippen LogP contribution in [-0.2, 0) is 4.79 Å². The standard InChI is InChI=1S/C19H23N5O2/c1-22(2)17-5-3-15(4-6-17)21-16-7-8-20-18(13-16)19(26)24-11-9-23(14-25)10-12-24/h3-8,13-14H,9-12H2,1-2H3,(H,20,21). The second kappa shape index (κ2) is 7.86. The predicted octanol–water partition coefficient (Wildman–Crippen LogP) is 1.81. The largest absolute Gasteiger partial charge is 0.378 e. The smallest absolute Gasteiger partial charge is 0.272 e. The van der Waals surface area contributed by atoms with E-state index < -0.39 is 0 Å². The number of hydrogen-bond acceptors (Lipinski definition) is 5. The Kier molecular flexibility index (Phi) is 5.36. The molecule has 3 rings (SSSR count). The van der Waals surface area contributed by atoms with E-state index in [1.54, 1.807) is 22.1 Å². The molecule has 1 aromatic carbocycles. The number of hydrogen-bond donors (Lipinski definition) is 1. The Morgan fingerprint density at radius 1 is 1.08 bits per heavy atom. The SMILES string of the molecule is CN(C)c1ccc(Nc2ccnc(C(=O)N3CCN(C=O)CC3)c2)cc1. The van der Waals surface area contributed by atoms with Gasteiger partial charge in [-0.15, -0.1) is 0 Å². The van der Waals surface area contributed by atoms with Gasteiger partial charge in [0.2, 0.25) is 6.41 Å². The number of piperazine rings is 1. The molecular weight excluding hydrogens is 330 g/mol. The number of aromatic nitrogens is 1. The fourth-order valence-corrected chi connectivity index (χ4v) is 2.83. The van der Waals surface area contributed by atoms with Crippen LogP contribution in [0.1, 0.15) is 10.5 Å². The minimum atomic E-state index is -0.109. The van der Waals surface area contributed by atoms with Crippen molar-refractivity contribution >= 4 is 29.4 Å². The summed E-state index contributed by atoms with van der Waals surface area (Å²) < 4.78 is 0. The van der Waals surface area contributed by atoms with Gasteiger partial charge in [-0.2, -0.15) is 0 Å². The zero-order chi connectivity index (χ0) is 18.5. The van der Waals surface area contributed by atoms with Gasteiger partial charge in [0, 0.05) is 63.5 Å². The number of anilines is 3. The van der Waals surface area contributed by atoms with Crippen molar-refractivity contribution in [2.75, 3.05) is 50.5 Å². The highest BCUT2D eigenvalue weighted by molar-refractivity contribution is 5.93. The molecule has 2 amide bonds. The molecule has 0 saturated carbocycles. The summed E-state index contributed by atoms with van der Waals surface area (Å²) in [6.07, 6.45) is 2.46. The van der Waals surface area contributed by atoms with Crippen LogP contribution in [-0.4, -0.2) is 67.4 Å². The average molecular weight is 353 g/mol. The Balaban J connectivity index is 1.68. The quantitative estimate of drug-likeness (QED) is 0.830. The summed E-state index contributed by atoms with van der Waals surface area (Å²) in [7, 11) is 4.00. The lowest BCUT2D eigenvalue weighted by molar-refractivity contribution is -0.119. The van der Waals surface area contributed by atoms with E-state index in [4.69, 9.17) is 0 Å². The highest BCUT2D eigenvalue weighted by Crippen LogP contribution is 2.20. The first-order chi connectivity index (χ1) is 12.6. The summed E-state index contributed by atoms with van der Waals surface area (Å²) in [6, 6.07) is 11.6. The lowest BCUT2D eigenvalue weighted by Gasteiger charge is -2.32. The first-order valence-electron chi connectivity index (χ1n) is 8.56. The molecule has 1 saturated heterocycles. The maximum absolute atomic E-state index is 12.6. The summed E-state index contributed by atoms with van der Waals surface area (Å²) in [5.74, 6) is -0.109. The Bertz CT molecular complexity index is 768. The van der Waals surface area contributed by atoms with Gasteiger partial charge in [0.05, 0.1) is 0 Å². The second-order valence-electron chi connectivity index (χ2n) is 6.43. The van der Waals surface area contributed by atoms with Crippen molar-refractivity contribution in [2.45, 2.75) is 0 Å². The highest BCUT2D eigenvalue weighted by atomic mass is 16.2. The summed E-state index contributed by atoms with van der Waals surface area (Å²) in [5, 5.41) is 3.30. The third kappa shape index (κ3) is 4.11. The van der Waals surface area contributed by atoms with Crippen LogP contribution in [0.3, 0.4) is 0 Å². The van der Waals surface area contributed by atoms with Crippen LogP contribution in [0.4, 0.5) is 17.1 Å². The molecule has 7 heteroatoms. The average Bonchev–Trinajstić information content (AvgIpc) is 2.68. The first-order valence-corrected chi connectivity index (χ1v) is 8.56. The molecule has 0 radical (unpaired) electrons. The Morgan fingerprint density at radius 2 is 1.77 bits per heavy atom. The number of benzene rings is 1. The Labute approximate surface area is 153 Å². The molecule has 1 N–H and O–H groups in total. The topological polar surface area (TPSA) is 68.8 Å². The van der Waals surface area contributed by atoms with E-state index in [1.807, 2.05) is 49.3 Å². The van der Waals surface area contributed by atoms with E-state index in [2.05, 4.69) is 10.3 Å². The lowest BCUT2D eigenvalue weighted by Crippen LogP contribution is -2.48. The molecule has 0 aliphatic carbocycles. The molecule has 1 fully saturated rings. The predicted molar refractivity (Wildman–Crippen MR) is 102 cm³/mol. The molecule has 0 bridgehead atoms. The van der Waals surface area contributed by atoms with Crippen LogP contribution < -0.4 is 10.2 Å². The molecule has 0 unspecified atom stereocenters. The maximum Gasteiger partial charge on any atom is 0.272 e. The van der Waals surface area contributed by atoms with Gasteiger partial charge in [-0.05, 0) is 36.4 Å². The highest BCUT2D eigenvalue weighted by Gasteiger charge is 2.22. The van der Waals surface area contributed by atoms with Crippen LogP contribution >= 0.6 is 0 Å². The molecule has 2 heterocycles. The molecule has 2 aromatic rings. The number of nitrogens with zero attached hydrogens (tertiary/aromatic N) is 4. The third-order valence-corrected chi connectivity index (χ3v) is 4.40. The third-order valence-electron chi connectivity index (χ3n) is 4.40. The number of rotatable bonds is 5. The number of amides is 2. The van der Waals surface area contributed by atoms with Crippen molar-refractivity contribution in [3.8, 4) is 0 Å². The van der Waals surface area contributed by atoms with E-state index in [-0.39, 0.29) is 5.91 Å². The van der Waals surface area contributed by atoms with Crippen LogP contribution in [0.5, 0.6) is 0 Å². The van der Waals surface area contributed by atoms with Crippen molar-refractivity contribution in [3.63, 3.8) is 0 Å². The van der Waals surface area contributed by atoms with Crippen LogP contribution in [0.25, 0.3) is 0 Å². The first kappa shape index (κ1) is 17.7. The summed E-state index contributed by atoms with van der Waals surface area (Å²) >= 11 is 0. The number of carbonyl (C=O) groups is 2. The van der Waals surface area contributed by atoms with Crippen molar-refractivity contribution in [1.29, 1.82) is 0 Å². The minimum absolute atomic E-state index is 0.109. The van der Waals surface area contributed by atoms with Crippen LogP contribution in [0.2, 0.25) is 0 Å². The molecule has 1 aliphatic rings.